The molecule has 1 atom stereocenters. The van der Waals surface area contributed by atoms with E-state index in [4.69, 9.17) is 9.47 Å². The van der Waals surface area contributed by atoms with Crippen molar-refractivity contribution in [3.63, 3.8) is 0 Å². The van der Waals surface area contributed by atoms with Gasteiger partial charge < -0.3 is 20.1 Å². The highest BCUT2D eigenvalue weighted by Gasteiger charge is 2.17. The third kappa shape index (κ3) is 6.09. The van der Waals surface area contributed by atoms with Crippen LogP contribution >= 0.6 is 0 Å². The number of carbonyl (C=O) groups excluding carboxylic acids is 2. The number of para-hydroxylation sites is 1. The molecule has 28 heavy (non-hydrogen) atoms. The lowest BCUT2D eigenvalue weighted by molar-refractivity contribution is -0.122. The fourth-order valence-corrected chi connectivity index (χ4v) is 2.68. The molecule has 0 aliphatic carbocycles. The summed E-state index contributed by atoms with van der Waals surface area (Å²) >= 11 is 0. The molecule has 0 fully saturated rings. The average Bonchev–Trinajstić information content (AvgIpc) is 2.68. The topological polar surface area (TPSA) is 76.7 Å². The van der Waals surface area contributed by atoms with Crippen molar-refractivity contribution < 1.29 is 19.1 Å². The molecule has 0 spiro atoms. The quantitative estimate of drug-likeness (QED) is 0.649. The smallest absolute Gasteiger partial charge is 0.265 e. The molecule has 0 saturated carbocycles. The zero-order valence-electron chi connectivity index (χ0n) is 16.9. The molecule has 2 rings (SSSR count). The van der Waals surface area contributed by atoms with Crippen molar-refractivity contribution in [3.8, 4) is 5.75 Å². The van der Waals surface area contributed by atoms with Crippen LogP contribution in [0.25, 0.3) is 0 Å². The predicted octanol–water partition coefficient (Wildman–Crippen LogP) is 3.48. The fraction of sp³-hybridized carbons (Fsp3) is 0.364. The van der Waals surface area contributed by atoms with Crippen LogP contribution in [0.4, 0.5) is 5.69 Å². The third-order valence-electron chi connectivity index (χ3n) is 4.30. The van der Waals surface area contributed by atoms with Crippen molar-refractivity contribution in [3.05, 3.63) is 59.2 Å². The Hall–Kier alpha value is -2.86. The SMILES string of the molecule is COCCCNC(=O)c1ccc(NC(=O)C(C)Oc2c(C)cccc2C)cc1. The number of hydrogen-bond acceptors (Lipinski definition) is 4. The van der Waals surface area contributed by atoms with Crippen molar-refractivity contribution in [2.45, 2.75) is 33.3 Å². The van der Waals surface area contributed by atoms with Gasteiger partial charge in [-0.3, -0.25) is 9.59 Å². The molecule has 2 aromatic rings. The molecule has 0 bridgehead atoms. The van der Waals surface area contributed by atoms with Gasteiger partial charge in [0.05, 0.1) is 0 Å². The van der Waals surface area contributed by atoms with E-state index in [0.717, 1.165) is 23.3 Å². The molecule has 0 radical (unpaired) electrons. The first-order valence-electron chi connectivity index (χ1n) is 9.33. The highest BCUT2D eigenvalue weighted by molar-refractivity contribution is 5.96. The number of hydrogen-bond donors (Lipinski definition) is 2. The molecule has 0 aromatic heterocycles. The summed E-state index contributed by atoms with van der Waals surface area (Å²) in [5.74, 6) is 0.325. The minimum Gasteiger partial charge on any atom is -0.480 e. The Labute approximate surface area is 166 Å². The van der Waals surface area contributed by atoms with Gasteiger partial charge in [0.1, 0.15) is 5.75 Å². The second kappa shape index (κ2) is 10.5. The Morgan fingerprint density at radius 2 is 1.68 bits per heavy atom. The number of methoxy groups -OCH3 is 1. The van der Waals surface area contributed by atoms with E-state index in [-0.39, 0.29) is 11.8 Å². The van der Waals surface area contributed by atoms with E-state index in [1.807, 2.05) is 32.0 Å². The van der Waals surface area contributed by atoms with E-state index in [0.29, 0.717) is 24.4 Å². The largest absolute Gasteiger partial charge is 0.480 e. The van der Waals surface area contributed by atoms with Gasteiger partial charge in [-0.2, -0.15) is 0 Å². The molecule has 2 N–H and O–H groups in total. The summed E-state index contributed by atoms with van der Waals surface area (Å²) in [6, 6.07) is 12.6. The number of nitrogens with one attached hydrogen (secondary N) is 2. The Morgan fingerprint density at radius 3 is 2.29 bits per heavy atom. The van der Waals surface area contributed by atoms with Crippen molar-refractivity contribution >= 4 is 17.5 Å². The molecule has 6 heteroatoms. The maximum absolute atomic E-state index is 12.4. The minimum absolute atomic E-state index is 0.152. The fourth-order valence-electron chi connectivity index (χ4n) is 2.68. The standard InChI is InChI=1S/C22H28N2O4/c1-15-7-5-8-16(2)20(15)28-17(3)21(25)24-19-11-9-18(10-12-19)22(26)23-13-6-14-27-4/h5,7-12,17H,6,13-14H2,1-4H3,(H,23,26)(H,24,25). The molecular weight excluding hydrogens is 356 g/mol. The van der Waals surface area contributed by atoms with Crippen molar-refractivity contribution in [2.75, 3.05) is 25.6 Å². The molecule has 2 aromatic carbocycles. The summed E-state index contributed by atoms with van der Waals surface area (Å²) in [7, 11) is 1.63. The molecule has 6 nitrogen and oxygen atoms in total. The monoisotopic (exact) mass is 384 g/mol. The van der Waals surface area contributed by atoms with Crippen molar-refractivity contribution in [2.24, 2.45) is 0 Å². The number of carbonyl (C=O) groups is 2. The zero-order valence-corrected chi connectivity index (χ0v) is 16.9. The lowest BCUT2D eigenvalue weighted by atomic mass is 10.1. The van der Waals surface area contributed by atoms with Crippen LogP contribution in [-0.4, -0.2) is 38.2 Å². The van der Waals surface area contributed by atoms with Crippen LogP contribution in [0.5, 0.6) is 5.75 Å². The Balaban J connectivity index is 1.90. The molecule has 0 saturated heterocycles. The van der Waals surface area contributed by atoms with Gasteiger partial charge in [0.15, 0.2) is 6.10 Å². The number of rotatable bonds is 9. The van der Waals surface area contributed by atoms with Gasteiger partial charge >= 0.3 is 0 Å². The molecule has 0 heterocycles. The maximum Gasteiger partial charge on any atom is 0.265 e. The lowest BCUT2D eigenvalue weighted by Crippen LogP contribution is -2.30. The summed E-state index contributed by atoms with van der Waals surface area (Å²) < 4.78 is 10.8. The second-order valence-electron chi connectivity index (χ2n) is 6.65. The van der Waals surface area contributed by atoms with E-state index in [9.17, 15) is 9.59 Å². The zero-order chi connectivity index (χ0) is 20.5. The van der Waals surface area contributed by atoms with Crippen LogP contribution in [0.1, 0.15) is 34.8 Å². The molecular formula is C22H28N2O4. The van der Waals surface area contributed by atoms with Crippen molar-refractivity contribution in [1.29, 1.82) is 0 Å². The van der Waals surface area contributed by atoms with Crippen LogP contribution in [0, 0.1) is 13.8 Å². The summed E-state index contributed by atoms with van der Waals surface area (Å²) in [4.78, 5) is 24.5. The van der Waals surface area contributed by atoms with E-state index >= 15 is 0 Å². The molecule has 1 unspecified atom stereocenters. The van der Waals surface area contributed by atoms with E-state index < -0.39 is 6.10 Å². The number of amides is 2. The summed E-state index contributed by atoms with van der Waals surface area (Å²) in [5, 5.41) is 5.64. The highest BCUT2D eigenvalue weighted by atomic mass is 16.5. The van der Waals surface area contributed by atoms with Gasteiger partial charge in [-0.25, -0.2) is 0 Å². The minimum atomic E-state index is -0.649. The second-order valence-corrected chi connectivity index (χ2v) is 6.65. The number of ether oxygens (including phenoxy) is 2. The van der Waals surface area contributed by atoms with Crippen LogP contribution in [0.15, 0.2) is 42.5 Å². The van der Waals surface area contributed by atoms with Gasteiger partial charge in [-0.15, -0.1) is 0 Å². The predicted molar refractivity (Wildman–Crippen MR) is 110 cm³/mol. The van der Waals surface area contributed by atoms with Gasteiger partial charge in [-0.1, -0.05) is 18.2 Å². The molecule has 2 amide bonds. The van der Waals surface area contributed by atoms with Crippen LogP contribution in [-0.2, 0) is 9.53 Å². The Kier molecular flexibility index (Phi) is 8.02. The lowest BCUT2D eigenvalue weighted by Gasteiger charge is -2.18. The van der Waals surface area contributed by atoms with E-state index in [1.54, 1.807) is 38.3 Å². The summed E-state index contributed by atoms with van der Waals surface area (Å²) in [6.07, 6.45) is 0.109. The number of aryl methyl sites for hydroxylation is 2. The molecule has 150 valence electrons. The van der Waals surface area contributed by atoms with Gasteiger partial charge in [0.2, 0.25) is 0 Å². The van der Waals surface area contributed by atoms with Crippen LogP contribution in [0.3, 0.4) is 0 Å². The van der Waals surface area contributed by atoms with Crippen LogP contribution in [0.2, 0.25) is 0 Å². The molecule has 0 aliphatic heterocycles. The highest BCUT2D eigenvalue weighted by Crippen LogP contribution is 2.23. The summed E-state index contributed by atoms with van der Waals surface area (Å²) in [6.45, 7) is 6.77. The first-order chi connectivity index (χ1) is 13.4. The van der Waals surface area contributed by atoms with Crippen LogP contribution < -0.4 is 15.4 Å². The first kappa shape index (κ1) is 21.4. The number of benzene rings is 2. The van der Waals surface area contributed by atoms with Gasteiger partial charge in [0.25, 0.3) is 11.8 Å². The Morgan fingerprint density at radius 1 is 1.04 bits per heavy atom. The summed E-state index contributed by atoms with van der Waals surface area (Å²) in [5.41, 5.74) is 3.12. The Bertz CT molecular complexity index is 782. The third-order valence-corrected chi connectivity index (χ3v) is 4.30. The normalized spacial score (nSPS) is 11.6. The van der Waals surface area contributed by atoms with E-state index in [1.165, 1.54) is 0 Å². The van der Waals surface area contributed by atoms with Gasteiger partial charge in [-0.05, 0) is 62.6 Å². The number of anilines is 1. The van der Waals surface area contributed by atoms with E-state index in [2.05, 4.69) is 10.6 Å². The van der Waals surface area contributed by atoms with Crippen molar-refractivity contribution in [1.82, 2.24) is 5.32 Å². The maximum atomic E-state index is 12.4. The van der Waals surface area contributed by atoms with Gasteiger partial charge in [0, 0.05) is 31.5 Å². The average molecular weight is 384 g/mol. The molecule has 0 aliphatic rings. The first-order valence-corrected chi connectivity index (χ1v) is 9.33.